The summed E-state index contributed by atoms with van der Waals surface area (Å²) >= 11 is 1.53. The molecule has 0 spiro atoms. The molecule has 2 rings (SSSR count). The van der Waals surface area contributed by atoms with Crippen LogP contribution >= 0.6 is 11.3 Å². The van der Waals surface area contributed by atoms with Crippen molar-refractivity contribution < 1.29 is 9.72 Å². The summed E-state index contributed by atoms with van der Waals surface area (Å²) in [6, 6.07) is 0.774. The summed E-state index contributed by atoms with van der Waals surface area (Å²) in [5.41, 5.74) is 0.757. The number of anilines is 1. The number of thiazole rings is 1. The molecule has 0 aromatic carbocycles. The molecule has 0 bridgehead atoms. The van der Waals surface area contributed by atoms with Crippen molar-refractivity contribution in [2.75, 3.05) is 12.4 Å². The van der Waals surface area contributed by atoms with E-state index < -0.39 is 11.0 Å². The molecule has 0 saturated carbocycles. The van der Waals surface area contributed by atoms with Crippen LogP contribution in [-0.2, 0) is 0 Å². The van der Waals surface area contributed by atoms with Crippen molar-refractivity contribution in [2.24, 2.45) is 0 Å². The van der Waals surface area contributed by atoms with E-state index in [1.807, 2.05) is 20.8 Å². The Bertz CT molecular complexity index is 746. The maximum atomic E-state index is 12.4. The fourth-order valence-electron chi connectivity index (χ4n) is 2.13. The Morgan fingerprint density at radius 3 is 2.74 bits per heavy atom. The number of rotatable bonds is 4. The Hall–Kier alpha value is -2.55. The molecule has 2 heterocycles. The standard InChI is InChI=1S/C14H17N5O3S/c1-8-13(23-10(3)16-8)9(2)18(4)14(20)17-11-5-6-15-7-12(11)19(21)22/h5-7,9H,1-4H3,(H,15,17,20). The molecule has 0 radical (unpaired) electrons. The minimum atomic E-state index is -0.581. The molecule has 0 saturated heterocycles. The number of aromatic nitrogens is 2. The third-order valence-electron chi connectivity index (χ3n) is 3.46. The summed E-state index contributed by atoms with van der Waals surface area (Å²) < 4.78 is 0. The maximum absolute atomic E-state index is 12.4. The molecule has 1 unspecified atom stereocenters. The van der Waals surface area contributed by atoms with Gasteiger partial charge in [0.2, 0.25) is 0 Å². The topological polar surface area (TPSA) is 101 Å². The van der Waals surface area contributed by atoms with Crippen LogP contribution < -0.4 is 5.32 Å². The number of pyridine rings is 1. The minimum Gasteiger partial charge on any atom is -0.320 e. The number of carbonyl (C=O) groups is 1. The van der Waals surface area contributed by atoms with Crippen molar-refractivity contribution in [2.45, 2.75) is 26.8 Å². The molecule has 2 amide bonds. The van der Waals surface area contributed by atoms with Gasteiger partial charge in [0.1, 0.15) is 11.9 Å². The molecular weight excluding hydrogens is 318 g/mol. The van der Waals surface area contributed by atoms with E-state index in [-0.39, 0.29) is 17.4 Å². The van der Waals surface area contributed by atoms with E-state index in [1.54, 1.807) is 7.05 Å². The molecule has 1 atom stereocenters. The molecule has 0 fully saturated rings. The highest BCUT2D eigenvalue weighted by atomic mass is 32.1. The normalized spacial score (nSPS) is 11.8. The highest BCUT2D eigenvalue weighted by Crippen LogP contribution is 2.29. The van der Waals surface area contributed by atoms with Gasteiger partial charge in [-0.05, 0) is 26.8 Å². The number of carbonyl (C=O) groups excluding carboxylic acids is 1. The predicted octanol–water partition coefficient (Wildman–Crippen LogP) is 3.29. The molecule has 122 valence electrons. The number of aryl methyl sites for hydroxylation is 2. The van der Waals surface area contributed by atoms with Gasteiger partial charge in [0.25, 0.3) is 0 Å². The Labute approximate surface area is 137 Å². The number of nitrogens with zero attached hydrogens (tertiary/aromatic N) is 4. The number of hydrogen-bond donors (Lipinski definition) is 1. The lowest BCUT2D eigenvalue weighted by molar-refractivity contribution is -0.384. The molecular formula is C14H17N5O3S. The van der Waals surface area contributed by atoms with Gasteiger partial charge in [-0.1, -0.05) is 0 Å². The Kier molecular flexibility index (Phi) is 4.89. The van der Waals surface area contributed by atoms with Crippen LogP contribution in [0.25, 0.3) is 0 Å². The van der Waals surface area contributed by atoms with Crippen molar-refractivity contribution >= 4 is 28.7 Å². The third-order valence-corrected chi connectivity index (χ3v) is 4.70. The van der Waals surface area contributed by atoms with Gasteiger partial charge in [-0.2, -0.15) is 0 Å². The number of nitro groups is 1. The smallest absolute Gasteiger partial charge is 0.320 e. The summed E-state index contributed by atoms with van der Waals surface area (Å²) in [4.78, 5) is 33.3. The number of urea groups is 1. The monoisotopic (exact) mass is 335 g/mol. The molecule has 2 aromatic rings. The summed E-state index contributed by atoms with van der Waals surface area (Å²) in [5, 5.41) is 14.5. The fourth-order valence-corrected chi connectivity index (χ4v) is 3.15. The average molecular weight is 335 g/mol. The molecule has 2 aromatic heterocycles. The van der Waals surface area contributed by atoms with Crippen LogP contribution in [0.5, 0.6) is 0 Å². The molecule has 8 nitrogen and oxygen atoms in total. The lowest BCUT2D eigenvalue weighted by Crippen LogP contribution is -2.33. The predicted molar refractivity (Wildman–Crippen MR) is 87.7 cm³/mol. The van der Waals surface area contributed by atoms with Crippen LogP contribution in [0.3, 0.4) is 0 Å². The van der Waals surface area contributed by atoms with Crippen molar-refractivity contribution in [3.05, 3.63) is 44.2 Å². The summed E-state index contributed by atoms with van der Waals surface area (Å²) in [6.07, 6.45) is 2.50. The first kappa shape index (κ1) is 16.8. The molecule has 23 heavy (non-hydrogen) atoms. The largest absolute Gasteiger partial charge is 0.322 e. The van der Waals surface area contributed by atoms with Crippen LogP contribution in [0.4, 0.5) is 16.2 Å². The second-order valence-corrected chi connectivity index (χ2v) is 6.28. The van der Waals surface area contributed by atoms with Gasteiger partial charge in [0.15, 0.2) is 0 Å². The van der Waals surface area contributed by atoms with E-state index in [9.17, 15) is 14.9 Å². The van der Waals surface area contributed by atoms with Crippen molar-refractivity contribution in [3.8, 4) is 0 Å². The first-order valence-electron chi connectivity index (χ1n) is 6.87. The number of amides is 2. The fraction of sp³-hybridized carbons (Fsp3) is 0.357. The lowest BCUT2D eigenvalue weighted by Gasteiger charge is -2.24. The zero-order valence-corrected chi connectivity index (χ0v) is 14.0. The Morgan fingerprint density at radius 2 is 2.17 bits per heavy atom. The van der Waals surface area contributed by atoms with Crippen LogP contribution in [0, 0.1) is 24.0 Å². The number of nitrogens with one attached hydrogen (secondary N) is 1. The molecule has 0 aliphatic carbocycles. The molecule has 1 N–H and O–H groups in total. The van der Waals surface area contributed by atoms with Crippen molar-refractivity contribution in [1.29, 1.82) is 0 Å². The van der Waals surface area contributed by atoms with Gasteiger partial charge in [0, 0.05) is 18.1 Å². The zero-order chi connectivity index (χ0) is 17.1. The second kappa shape index (κ2) is 6.69. The first-order valence-corrected chi connectivity index (χ1v) is 7.69. The molecule has 0 aliphatic rings. The number of hydrogen-bond acceptors (Lipinski definition) is 6. The van der Waals surface area contributed by atoms with Gasteiger partial charge in [-0.25, -0.2) is 9.78 Å². The van der Waals surface area contributed by atoms with E-state index in [2.05, 4.69) is 15.3 Å². The molecule has 0 aliphatic heterocycles. The zero-order valence-electron chi connectivity index (χ0n) is 13.2. The van der Waals surface area contributed by atoms with Crippen molar-refractivity contribution in [3.63, 3.8) is 0 Å². The van der Waals surface area contributed by atoms with E-state index in [0.29, 0.717) is 0 Å². The SMILES string of the molecule is Cc1nc(C)c(C(C)N(C)C(=O)Nc2ccncc2[N+](=O)[O-])s1. The van der Waals surface area contributed by atoms with Gasteiger partial charge in [-0.15, -0.1) is 11.3 Å². The van der Waals surface area contributed by atoms with Crippen LogP contribution in [0.15, 0.2) is 18.5 Å². The summed E-state index contributed by atoms with van der Waals surface area (Å²) in [7, 11) is 1.64. The van der Waals surface area contributed by atoms with E-state index in [0.717, 1.165) is 21.8 Å². The van der Waals surface area contributed by atoms with E-state index in [1.165, 1.54) is 28.5 Å². The van der Waals surface area contributed by atoms with Crippen LogP contribution in [0.2, 0.25) is 0 Å². The van der Waals surface area contributed by atoms with Gasteiger partial charge in [-0.3, -0.25) is 15.1 Å². The quantitative estimate of drug-likeness (QED) is 0.682. The minimum absolute atomic E-state index is 0.117. The van der Waals surface area contributed by atoms with Crippen LogP contribution in [-0.4, -0.2) is 32.9 Å². The highest BCUT2D eigenvalue weighted by molar-refractivity contribution is 7.11. The third kappa shape index (κ3) is 3.62. The van der Waals surface area contributed by atoms with E-state index >= 15 is 0 Å². The Morgan fingerprint density at radius 1 is 1.48 bits per heavy atom. The lowest BCUT2D eigenvalue weighted by atomic mass is 10.2. The maximum Gasteiger partial charge on any atom is 0.322 e. The van der Waals surface area contributed by atoms with Crippen LogP contribution in [0.1, 0.15) is 28.5 Å². The summed E-state index contributed by atoms with van der Waals surface area (Å²) in [6.45, 7) is 5.70. The second-order valence-electron chi connectivity index (χ2n) is 5.05. The van der Waals surface area contributed by atoms with Gasteiger partial charge in [0.05, 0.1) is 21.7 Å². The molecule has 9 heteroatoms. The Balaban J connectivity index is 2.17. The van der Waals surface area contributed by atoms with E-state index in [4.69, 9.17) is 0 Å². The van der Waals surface area contributed by atoms with Crippen molar-refractivity contribution in [1.82, 2.24) is 14.9 Å². The van der Waals surface area contributed by atoms with Gasteiger partial charge >= 0.3 is 11.7 Å². The highest BCUT2D eigenvalue weighted by Gasteiger charge is 2.23. The van der Waals surface area contributed by atoms with Gasteiger partial charge < -0.3 is 10.2 Å². The summed E-state index contributed by atoms with van der Waals surface area (Å²) in [5.74, 6) is 0. The average Bonchev–Trinajstić information content (AvgIpc) is 2.84. The first-order chi connectivity index (χ1) is 10.8.